The molecule has 0 unspecified atom stereocenters. The second kappa shape index (κ2) is 28.5. The van der Waals surface area contributed by atoms with Crippen LogP contribution in [0.15, 0.2) is 46.4 Å². The topological polar surface area (TPSA) is 271 Å². The SMILES string of the molecule is NCCC(=O)O.O=C(O)CCCCCC(=O)O.O=C(O)CCCc1ccc(N2C(=O)C=CC2=O)cc1.O=C=NCCCCN=C=O. The average molecular weight is 649 g/mol. The van der Waals surface area contributed by atoms with Crippen molar-refractivity contribution in [1.82, 2.24) is 0 Å². The molecule has 0 aliphatic carbocycles. The van der Waals surface area contributed by atoms with E-state index >= 15 is 0 Å². The molecule has 6 N–H and O–H groups in total. The summed E-state index contributed by atoms with van der Waals surface area (Å²) in [6.07, 6.45) is 10.4. The molecule has 0 bridgehead atoms. The number of amides is 2. The third kappa shape index (κ3) is 26.3. The summed E-state index contributed by atoms with van der Waals surface area (Å²) < 4.78 is 0. The van der Waals surface area contributed by atoms with Crippen molar-refractivity contribution in [2.24, 2.45) is 15.7 Å². The van der Waals surface area contributed by atoms with E-state index in [0.29, 0.717) is 50.9 Å². The Balaban J connectivity index is 0. The number of imide groups is 1. The van der Waals surface area contributed by atoms with E-state index in [9.17, 15) is 38.4 Å². The molecule has 46 heavy (non-hydrogen) atoms. The first-order chi connectivity index (χ1) is 21.9. The van der Waals surface area contributed by atoms with E-state index in [1.165, 1.54) is 24.3 Å². The van der Waals surface area contributed by atoms with Crippen molar-refractivity contribution >= 4 is 53.5 Å². The molecule has 1 aliphatic rings. The van der Waals surface area contributed by atoms with Gasteiger partial charge < -0.3 is 26.2 Å². The van der Waals surface area contributed by atoms with E-state index in [4.69, 9.17) is 26.2 Å². The number of nitrogens with two attached hydrogens (primary N) is 1. The summed E-state index contributed by atoms with van der Waals surface area (Å²) in [5, 5.41) is 32.8. The van der Waals surface area contributed by atoms with Gasteiger partial charge in [0.05, 0.1) is 25.2 Å². The number of nitrogens with zero attached hydrogens (tertiary/aromatic N) is 3. The normalized spacial score (nSPS) is 10.8. The summed E-state index contributed by atoms with van der Waals surface area (Å²) >= 11 is 0. The summed E-state index contributed by atoms with van der Waals surface area (Å²) in [5.74, 6) is -3.97. The van der Waals surface area contributed by atoms with Crippen molar-refractivity contribution < 1.29 is 58.8 Å². The molecule has 0 fully saturated rings. The Bertz CT molecular complexity index is 1180. The van der Waals surface area contributed by atoms with Gasteiger partial charge in [-0.3, -0.25) is 28.8 Å². The predicted molar refractivity (Wildman–Crippen MR) is 164 cm³/mol. The second-order valence-electron chi connectivity index (χ2n) is 9.19. The number of aliphatic imine (C=N–C) groups is 2. The Labute approximate surface area is 265 Å². The van der Waals surface area contributed by atoms with E-state index in [0.717, 1.165) is 23.3 Å². The largest absolute Gasteiger partial charge is 0.481 e. The summed E-state index contributed by atoms with van der Waals surface area (Å²) in [5.41, 5.74) is 6.36. The fourth-order valence-corrected chi connectivity index (χ4v) is 3.24. The monoisotopic (exact) mass is 648 g/mol. The number of anilines is 1. The highest BCUT2D eigenvalue weighted by Crippen LogP contribution is 2.20. The molecular weight excluding hydrogens is 608 g/mol. The van der Waals surface area contributed by atoms with Crippen molar-refractivity contribution in [2.75, 3.05) is 24.5 Å². The average Bonchev–Trinajstić information content (AvgIpc) is 3.33. The van der Waals surface area contributed by atoms with Gasteiger partial charge in [-0.15, -0.1) is 0 Å². The Morgan fingerprint density at radius 1 is 0.630 bits per heavy atom. The second-order valence-corrected chi connectivity index (χ2v) is 9.19. The fourth-order valence-electron chi connectivity index (χ4n) is 3.24. The van der Waals surface area contributed by atoms with Crippen LogP contribution in [0, 0.1) is 0 Å². The molecule has 0 saturated carbocycles. The molecule has 0 aromatic heterocycles. The minimum atomic E-state index is -0.836. The molecule has 2 rings (SSSR count). The number of carboxylic acid groups (broad SMARTS) is 4. The smallest absolute Gasteiger partial charge is 0.304 e. The van der Waals surface area contributed by atoms with Gasteiger partial charge in [-0.1, -0.05) is 18.6 Å². The molecule has 0 radical (unpaired) electrons. The van der Waals surface area contributed by atoms with Gasteiger partial charge in [-0.05, 0) is 56.2 Å². The zero-order valence-electron chi connectivity index (χ0n) is 25.3. The van der Waals surface area contributed by atoms with Gasteiger partial charge in [0.1, 0.15) is 0 Å². The molecule has 16 nitrogen and oxygen atoms in total. The quantitative estimate of drug-likeness (QED) is 0.0663. The zero-order chi connectivity index (χ0) is 35.2. The first kappa shape index (κ1) is 42.8. The number of unbranched alkanes of at least 4 members (excludes halogenated alkanes) is 3. The van der Waals surface area contributed by atoms with Crippen molar-refractivity contribution in [1.29, 1.82) is 0 Å². The highest BCUT2D eigenvalue weighted by molar-refractivity contribution is 6.28. The zero-order valence-corrected chi connectivity index (χ0v) is 25.3. The highest BCUT2D eigenvalue weighted by atomic mass is 16.4. The van der Waals surface area contributed by atoms with Crippen LogP contribution in [-0.4, -0.2) is 87.9 Å². The molecular formula is C30H40N4O12. The number of aliphatic carboxylic acids is 4. The van der Waals surface area contributed by atoms with Gasteiger partial charge in [0.25, 0.3) is 11.8 Å². The molecule has 0 spiro atoms. The van der Waals surface area contributed by atoms with Gasteiger partial charge >= 0.3 is 23.9 Å². The Kier molecular flexibility index (Phi) is 26.5. The minimum absolute atomic E-state index is 0.0694. The van der Waals surface area contributed by atoms with Gasteiger partial charge in [-0.25, -0.2) is 24.5 Å². The molecule has 1 aromatic rings. The predicted octanol–water partition coefficient (Wildman–Crippen LogP) is 2.49. The summed E-state index contributed by atoms with van der Waals surface area (Å²) in [7, 11) is 0. The molecule has 16 heteroatoms. The molecule has 2 amide bonds. The van der Waals surface area contributed by atoms with Crippen molar-refractivity contribution in [3.05, 3.63) is 42.0 Å². The lowest BCUT2D eigenvalue weighted by molar-refractivity contribution is -0.138. The number of carbonyl (C=O) groups is 6. The van der Waals surface area contributed by atoms with Gasteiger partial charge in [0.15, 0.2) is 0 Å². The Hall–Kier alpha value is -5.30. The number of carboxylic acids is 4. The van der Waals surface area contributed by atoms with Crippen LogP contribution < -0.4 is 10.6 Å². The van der Waals surface area contributed by atoms with Crippen LogP contribution in [-0.2, 0) is 44.8 Å². The summed E-state index contributed by atoms with van der Waals surface area (Å²) in [4.78, 5) is 89.6. The van der Waals surface area contributed by atoms with E-state index < -0.39 is 23.9 Å². The van der Waals surface area contributed by atoms with E-state index in [1.54, 1.807) is 24.3 Å². The van der Waals surface area contributed by atoms with E-state index in [1.807, 2.05) is 0 Å². The third-order valence-electron chi connectivity index (χ3n) is 5.42. The lowest BCUT2D eigenvalue weighted by atomic mass is 10.1. The Morgan fingerprint density at radius 2 is 1.04 bits per heavy atom. The van der Waals surface area contributed by atoms with Gasteiger partial charge in [-0.2, -0.15) is 0 Å². The number of hydrogen-bond acceptors (Lipinski definition) is 11. The number of isocyanates is 2. The number of aryl methyl sites for hydroxylation is 1. The fraction of sp³-hybridized carbons (Fsp3) is 0.467. The molecule has 0 saturated heterocycles. The molecule has 1 heterocycles. The van der Waals surface area contributed by atoms with E-state index in [-0.39, 0.29) is 44.0 Å². The van der Waals surface area contributed by atoms with Crippen molar-refractivity contribution in [3.8, 4) is 0 Å². The molecule has 252 valence electrons. The number of rotatable bonds is 18. The highest BCUT2D eigenvalue weighted by Gasteiger charge is 2.24. The van der Waals surface area contributed by atoms with Crippen molar-refractivity contribution in [3.63, 3.8) is 0 Å². The number of benzene rings is 1. The van der Waals surface area contributed by atoms with Crippen LogP contribution >= 0.6 is 0 Å². The van der Waals surface area contributed by atoms with Crippen molar-refractivity contribution in [2.45, 2.75) is 70.6 Å². The van der Waals surface area contributed by atoms with Crippen LogP contribution in [0.5, 0.6) is 0 Å². The van der Waals surface area contributed by atoms with Crippen LogP contribution in [0.3, 0.4) is 0 Å². The molecule has 1 aliphatic heterocycles. The molecule has 1 aromatic carbocycles. The van der Waals surface area contributed by atoms with Crippen LogP contribution in [0.4, 0.5) is 5.69 Å². The summed E-state index contributed by atoms with van der Waals surface area (Å²) in [6.45, 7) is 1.17. The van der Waals surface area contributed by atoms with Crippen LogP contribution in [0.2, 0.25) is 0 Å². The van der Waals surface area contributed by atoms with Gasteiger partial charge in [0.2, 0.25) is 12.2 Å². The first-order valence-electron chi connectivity index (χ1n) is 14.2. The lowest BCUT2D eigenvalue weighted by Gasteiger charge is -2.14. The maximum atomic E-state index is 11.5. The Morgan fingerprint density at radius 3 is 1.39 bits per heavy atom. The van der Waals surface area contributed by atoms with Crippen LogP contribution in [0.1, 0.15) is 69.8 Å². The molecule has 0 atom stereocenters. The number of carbonyl (C=O) groups excluding carboxylic acids is 4. The summed E-state index contributed by atoms with van der Waals surface area (Å²) in [6, 6.07) is 6.99. The maximum Gasteiger partial charge on any atom is 0.304 e. The lowest BCUT2D eigenvalue weighted by Crippen LogP contribution is -2.29. The van der Waals surface area contributed by atoms with E-state index in [2.05, 4.69) is 9.98 Å². The standard InChI is InChI=1S/C14H13NO4.C7H12O4.C6H8N2O2.C3H7NO2/c16-12-8-9-13(17)15(12)11-6-4-10(5-7-11)2-1-3-14(18)19;8-6(9)4-2-1-3-5-7(10)11;9-5-7-3-1-2-4-8-6-10;4-2-1-3(5)6/h4-9H,1-3H2,(H,18,19);1-5H2,(H,8,9)(H,10,11);1-4H2;1-2,4H2,(H,5,6). The third-order valence-corrected chi connectivity index (χ3v) is 5.42. The number of hydrogen-bond donors (Lipinski definition) is 5. The van der Waals surface area contributed by atoms with Gasteiger partial charge in [0, 0.05) is 38.0 Å². The minimum Gasteiger partial charge on any atom is -0.481 e. The maximum absolute atomic E-state index is 11.5. The van der Waals surface area contributed by atoms with Crippen LogP contribution in [0.25, 0.3) is 0 Å². The first-order valence-corrected chi connectivity index (χ1v) is 14.2.